The summed E-state index contributed by atoms with van der Waals surface area (Å²) in [6.45, 7) is 0.632. The number of carbonyl (C=O) groups is 1. The molecule has 0 aromatic heterocycles. The fraction of sp³-hybridized carbons (Fsp3) is 0.900. The number of hydrogen-bond donors (Lipinski definition) is 2. The normalized spacial score (nSPS) is 27.5. The molecule has 0 aromatic carbocycles. The summed E-state index contributed by atoms with van der Waals surface area (Å²) in [4.78, 5) is 10.2. The molecule has 82 valence electrons. The molecule has 0 heterocycles. The van der Waals surface area contributed by atoms with Crippen LogP contribution in [0.1, 0.15) is 25.7 Å². The van der Waals surface area contributed by atoms with Crippen LogP contribution in [0.25, 0.3) is 0 Å². The maximum absolute atomic E-state index is 10.2. The molecule has 14 heavy (non-hydrogen) atoms. The molecule has 0 aliphatic heterocycles. The van der Waals surface area contributed by atoms with Crippen LogP contribution in [-0.4, -0.2) is 36.0 Å². The van der Waals surface area contributed by atoms with E-state index in [1.807, 2.05) is 0 Å². The molecule has 0 saturated heterocycles. The van der Waals surface area contributed by atoms with Gasteiger partial charge in [0.05, 0.1) is 6.61 Å². The largest absolute Gasteiger partial charge is 0.480 e. The summed E-state index contributed by atoms with van der Waals surface area (Å²) in [6.07, 6.45) is 4.17. The van der Waals surface area contributed by atoms with E-state index in [0.717, 1.165) is 25.7 Å². The van der Waals surface area contributed by atoms with Gasteiger partial charge in [-0.05, 0) is 37.5 Å². The summed E-state index contributed by atoms with van der Waals surface area (Å²) in [7, 11) is 0. The molecule has 1 rings (SSSR count). The average molecular weight is 202 g/mol. The quantitative estimate of drug-likeness (QED) is 0.694. The van der Waals surface area contributed by atoms with Crippen molar-refractivity contribution >= 4 is 5.97 Å². The maximum Gasteiger partial charge on any atom is 0.329 e. The van der Waals surface area contributed by atoms with Crippen LogP contribution in [0.4, 0.5) is 0 Å². The number of hydrogen-bond acceptors (Lipinski definition) is 3. The molecule has 0 aromatic rings. The van der Waals surface area contributed by atoms with Crippen LogP contribution in [0.2, 0.25) is 0 Å². The molecule has 0 radical (unpaired) electrons. The highest BCUT2D eigenvalue weighted by Crippen LogP contribution is 2.28. The molecule has 4 nitrogen and oxygen atoms in total. The van der Waals surface area contributed by atoms with Crippen molar-refractivity contribution in [3.63, 3.8) is 0 Å². The zero-order valence-electron chi connectivity index (χ0n) is 8.32. The third kappa shape index (κ3) is 4.07. The Balaban J connectivity index is 2.07. The molecular formula is C10H18O4. The van der Waals surface area contributed by atoms with Crippen molar-refractivity contribution < 1.29 is 19.7 Å². The molecule has 4 heteroatoms. The van der Waals surface area contributed by atoms with Crippen LogP contribution in [0.3, 0.4) is 0 Å². The number of rotatable bonds is 5. The zero-order valence-corrected chi connectivity index (χ0v) is 8.32. The van der Waals surface area contributed by atoms with E-state index in [1.165, 1.54) is 0 Å². The van der Waals surface area contributed by atoms with Crippen molar-refractivity contribution in [2.24, 2.45) is 11.8 Å². The van der Waals surface area contributed by atoms with Gasteiger partial charge in [-0.25, -0.2) is 4.79 Å². The van der Waals surface area contributed by atoms with Gasteiger partial charge in [-0.3, -0.25) is 0 Å². The second kappa shape index (κ2) is 5.98. The van der Waals surface area contributed by atoms with Crippen LogP contribution < -0.4 is 0 Å². The predicted octanol–water partition coefficient (Wildman–Crippen LogP) is 0.886. The van der Waals surface area contributed by atoms with Gasteiger partial charge >= 0.3 is 5.97 Å². The van der Waals surface area contributed by atoms with E-state index >= 15 is 0 Å². The Bertz CT molecular complexity index is 173. The van der Waals surface area contributed by atoms with E-state index < -0.39 is 5.97 Å². The van der Waals surface area contributed by atoms with Gasteiger partial charge in [0.15, 0.2) is 0 Å². The molecule has 1 aliphatic rings. The minimum atomic E-state index is -0.908. The van der Waals surface area contributed by atoms with Crippen LogP contribution in [0.5, 0.6) is 0 Å². The Morgan fingerprint density at radius 2 is 1.79 bits per heavy atom. The highest BCUT2D eigenvalue weighted by Gasteiger charge is 2.20. The summed E-state index contributed by atoms with van der Waals surface area (Å²) in [5, 5.41) is 17.3. The number of carboxylic acid groups (broad SMARTS) is 1. The lowest BCUT2D eigenvalue weighted by Gasteiger charge is -2.26. The van der Waals surface area contributed by atoms with Gasteiger partial charge < -0.3 is 14.9 Å². The van der Waals surface area contributed by atoms with E-state index in [2.05, 4.69) is 0 Å². The van der Waals surface area contributed by atoms with Gasteiger partial charge in [-0.2, -0.15) is 0 Å². The fourth-order valence-corrected chi connectivity index (χ4v) is 1.89. The van der Waals surface area contributed by atoms with Gasteiger partial charge in [0.2, 0.25) is 0 Å². The smallest absolute Gasteiger partial charge is 0.329 e. The third-order valence-electron chi connectivity index (χ3n) is 2.80. The van der Waals surface area contributed by atoms with Crippen molar-refractivity contribution in [1.82, 2.24) is 0 Å². The lowest BCUT2D eigenvalue weighted by Crippen LogP contribution is -2.21. The number of aliphatic hydroxyl groups is 1. The molecule has 0 atom stereocenters. The van der Waals surface area contributed by atoms with Gasteiger partial charge in [0, 0.05) is 6.61 Å². The third-order valence-corrected chi connectivity index (χ3v) is 2.80. The van der Waals surface area contributed by atoms with Gasteiger partial charge in [-0.1, -0.05) is 0 Å². The monoisotopic (exact) mass is 202 g/mol. The topological polar surface area (TPSA) is 66.8 Å². The number of ether oxygens (including phenoxy) is 1. The first kappa shape index (κ1) is 11.5. The van der Waals surface area contributed by atoms with Crippen LogP contribution in [-0.2, 0) is 9.53 Å². The minimum absolute atomic E-state index is 0.195. The van der Waals surface area contributed by atoms with E-state index in [0.29, 0.717) is 18.4 Å². The Kier molecular flexibility index (Phi) is 4.90. The highest BCUT2D eigenvalue weighted by molar-refractivity contribution is 5.67. The van der Waals surface area contributed by atoms with Crippen molar-refractivity contribution in [2.75, 3.05) is 19.8 Å². The lowest BCUT2D eigenvalue weighted by atomic mass is 9.83. The Morgan fingerprint density at radius 3 is 2.29 bits per heavy atom. The molecule has 0 amide bonds. The summed E-state index contributed by atoms with van der Waals surface area (Å²) < 4.78 is 5.04. The zero-order chi connectivity index (χ0) is 10.4. The first-order chi connectivity index (χ1) is 6.72. The number of aliphatic hydroxyl groups excluding tert-OH is 1. The molecule has 1 aliphatic carbocycles. The Hall–Kier alpha value is -0.610. The van der Waals surface area contributed by atoms with Crippen molar-refractivity contribution in [3.05, 3.63) is 0 Å². The molecule has 2 N–H and O–H groups in total. The van der Waals surface area contributed by atoms with E-state index in [9.17, 15) is 4.79 Å². The van der Waals surface area contributed by atoms with Crippen LogP contribution >= 0.6 is 0 Å². The second-order valence-electron chi connectivity index (χ2n) is 3.98. The molecule has 0 bridgehead atoms. The predicted molar refractivity (Wildman–Crippen MR) is 51.0 cm³/mol. The van der Waals surface area contributed by atoms with Crippen molar-refractivity contribution in [3.8, 4) is 0 Å². The Labute approximate surface area is 83.9 Å². The summed E-state index contributed by atoms with van der Waals surface area (Å²) in [6, 6.07) is 0. The molecule has 0 unspecified atom stereocenters. The van der Waals surface area contributed by atoms with Gasteiger partial charge in [-0.15, -0.1) is 0 Å². The summed E-state index contributed by atoms with van der Waals surface area (Å²) in [5.74, 6) is 0.0249. The molecule has 1 fully saturated rings. The highest BCUT2D eigenvalue weighted by atomic mass is 16.5. The van der Waals surface area contributed by atoms with Crippen molar-refractivity contribution in [2.45, 2.75) is 25.7 Å². The number of aliphatic carboxylic acids is 1. The Morgan fingerprint density at radius 1 is 1.21 bits per heavy atom. The van der Waals surface area contributed by atoms with E-state index in [-0.39, 0.29) is 13.2 Å². The van der Waals surface area contributed by atoms with Crippen LogP contribution in [0, 0.1) is 11.8 Å². The van der Waals surface area contributed by atoms with Crippen LogP contribution in [0.15, 0.2) is 0 Å². The van der Waals surface area contributed by atoms with Gasteiger partial charge in [0.25, 0.3) is 0 Å². The summed E-state index contributed by atoms with van der Waals surface area (Å²) >= 11 is 0. The second-order valence-corrected chi connectivity index (χ2v) is 3.98. The summed E-state index contributed by atoms with van der Waals surface area (Å²) in [5.41, 5.74) is 0. The van der Waals surface area contributed by atoms with E-state index in [1.54, 1.807) is 0 Å². The van der Waals surface area contributed by atoms with Crippen molar-refractivity contribution in [1.29, 1.82) is 0 Å². The SMILES string of the molecule is O=C(O)COC[C@H]1CC[C@H](CO)CC1. The first-order valence-electron chi connectivity index (χ1n) is 5.12. The molecule has 0 spiro atoms. The average Bonchev–Trinajstić information content (AvgIpc) is 2.18. The van der Waals surface area contributed by atoms with Gasteiger partial charge in [0.1, 0.15) is 6.61 Å². The standard InChI is InChI=1S/C10H18O4/c11-5-8-1-3-9(4-2-8)6-14-7-10(12)13/h8-9,11H,1-7H2,(H,12,13)/t8-,9-. The first-order valence-corrected chi connectivity index (χ1v) is 5.12. The molecule has 1 saturated carbocycles. The molecular weight excluding hydrogens is 184 g/mol. The lowest BCUT2D eigenvalue weighted by molar-refractivity contribution is -0.142. The fourth-order valence-electron chi connectivity index (χ4n) is 1.89. The van der Waals surface area contributed by atoms with E-state index in [4.69, 9.17) is 14.9 Å². The maximum atomic E-state index is 10.2. The minimum Gasteiger partial charge on any atom is -0.480 e. The number of carboxylic acids is 1.